The van der Waals surface area contributed by atoms with Gasteiger partial charge < -0.3 is 19.4 Å². The van der Waals surface area contributed by atoms with Gasteiger partial charge in [-0.2, -0.15) is 0 Å². The van der Waals surface area contributed by atoms with Crippen molar-refractivity contribution in [2.45, 2.75) is 25.7 Å². The van der Waals surface area contributed by atoms with E-state index in [4.69, 9.17) is 29.4 Å². The molecule has 4 aliphatic heterocycles. The monoisotopic (exact) mass is 814 g/mol. The molecule has 4 aromatic carbocycles. The Labute approximate surface area is 355 Å². The maximum absolute atomic E-state index is 5.31. The zero-order valence-corrected chi connectivity index (χ0v) is 33.7. The van der Waals surface area contributed by atoms with Gasteiger partial charge in [-0.15, -0.1) is 22.1 Å². The minimum absolute atomic E-state index is 0. The number of aromatic nitrogens is 4. The van der Waals surface area contributed by atoms with E-state index in [1.54, 1.807) is 0 Å². The molecule has 7 aromatic rings. The molecular formula is C52H44N4NiO2+. The van der Waals surface area contributed by atoms with Gasteiger partial charge in [-0.3, -0.25) is 0 Å². The van der Waals surface area contributed by atoms with E-state index < -0.39 is 0 Å². The first-order chi connectivity index (χ1) is 28.8. The second-order valence-corrected chi connectivity index (χ2v) is 14.5. The zero-order chi connectivity index (χ0) is 38.9. The molecule has 293 valence electrons. The normalized spacial score (nSPS) is 13.8. The first-order valence-electron chi connectivity index (χ1n) is 20.2. The molecule has 0 spiro atoms. The number of hydrogen-bond donors (Lipinski definition) is 0. The first kappa shape index (κ1) is 39.7. The van der Waals surface area contributed by atoms with Gasteiger partial charge in [-0.05, 0) is 94.5 Å². The van der Waals surface area contributed by atoms with Crippen molar-refractivity contribution in [1.82, 2.24) is 19.9 Å². The van der Waals surface area contributed by atoms with Crippen molar-refractivity contribution in [1.29, 1.82) is 0 Å². The Hall–Kier alpha value is -6.11. The van der Waals surface area contributed by atoms with Gasteiger partial charge in [-0.25, -0.2) is 9.97 Å². The van der Waals surface area contributed by atoms with Crippen LogP contribution < -0.4 is 9.97 Å². The average molecular weight is 816 g/mol. The Morgan fingerprint density at radius 2 is 0.559 bits per heavy atom. The van der Waals surface area contributed by atoms with Gasteiger partial charge in [0.15, 0.2) is 0 Å². The number of hydrogen-bond acceptors (Lipinski definition) is 4. The van der Waals surface area contributed by atoms with E-state index in [2.05, 4.69) is 146 Å². The van der Waals surface area contributed by atoms with Gasteiger partial charge in [0, 0.05) is 26.4 Å². The van der Waals surface area contributed by atoms with Gasteiger partial charge in [0.2, 0.25) is 0 Å². The molecule has 2 fully saturated rings. The van der Waals surface area contributed by atoms with Crippen LogP contribution in [0.2, 0.25) is 0 Å². The van der Waals surface area contributed by atoms with E-state index in [1.165, 1.54) is 25.7 Å². The van der Waals surface area contributed by atoms with E-state index >= 15 is 0 Å². The molecule has 0 unspecified atom stereocenters. The molecule has 59 heavy (non-hydrogen) atoms. The summed E-state index contributed by atoms with van der Waals surface area (Å²) in [4.78, 5) is 21.2. The Bertz CT molecular complexity index is 2340. The third kappa shape index (κ3) is 8.99. The van der Waals surface area contributed by atoms with Crippen LogP contribution in [-0.2, 0) is 26.0 Å². The third-order valence-corrected chi connectivity index (χ3v) is 10.5. The largest absolute Gasteiger partial charge is 3.00 e. The molecule has 4 aliphatic rings. The smallest absolute Gasteiger partial charge is 0.657 e. The van der Waals surface area contributed by atoms with Crippen LogP contribution in [0, 0.1) is 0 Å². The quantitative estimate of drug-likeness (QED) is 0.165. The summed E-state index contributed by atoms with van der Waals surface area (Å²) < 4.78 is 9.89. The molecule has 0 amide bonds. The van der Waals surface area contributed by atoms with E-state index in [-0.39, 0.29) is 16.5 Å². The fourth-order valence-corrected chi connectivity index (χ4v) is 7.71. The summed E-state index contributed by atoms with van der Waals surface area (Å²) in [6.45, 7) is 4.00. The molecule has 7 heterocycles. The van der Waals surface area contributed by atoms with Crippen LogP contribution in [0.1, 0.15) is 48.5 Å². The standard InChI is InChI=1S/C44H28N4.2C4H8O.Ni/c1-5-13-29(14-6-1)41-33-21-23-35(45-33)42(30-15-7-2-8-16-30)37-25-27-39(47-37)44(32-19-11-4-12-20-32)40-28-26-38(48-40)43(31-17-9-3-10-18-31)36-24-22-34(41)46-36;2*1-2-4-5-3-1;/h1-28H;2*1-4H2;/q-2;;;+3. The average Bonchev–Trinajstić information content (AvgIpc) is 4.13. The summed E-state index contributed by atoms with van der Waals surface area (Å²) in [6.07, 6.45) is 13.5. The topological polar surface area (TPSA) is 72.4 Å². The molecule has 6 nitrogen and oxygen atoms in total. The van der Waals surface area contributed by atoms with Crippen molar-refractivity contribution in [3.8, 4) is 44.5 Å². The molecule has 0 aliphatic carbocycles. The number of ether oxygens (including phenoxy) is 2. The minimum atomic E-state index is 0. The molecule has 2 saturated heterocycles. The van der Waals surface area contributed by atoms with Gasteiger partial charge in [-0.1, -0.05) is 146 Å². The summed E-state index contributed by atoms with van der Waals surface area (Å²) in [5, 5.41) is 0. The van der Waals surface area contributed by atoms with Crippen LogP contribution in [0.5, 0.6) is 0 Å². The second kappa shape index (κ2) is 19.1. The van der Waals surface area contributed by atoms with Crippen molar-refractivity contribution < 1.29 is 26.0 Å². The molecule has 0 N–H and O–H groups in total. The van der Waals surface area contributed by atoms with Crippen molar-refractivity contribution in [3.63, 3.8) is 0 Å². The van der Waals surface area contributed by atoms with Crippen molar-refractivity contribution in [3.05, 3.63) is 168 Å². The first-order valence-corrected chi connectivity index (χ1v) is 20.2. The number of rotatable bonds is 4. The molecule has 1 radical (unpaired) electrons. The maximum Gasteiger partial charge on any atom is 3.00 e. The van der Waals surface area contributed by atoms with Gasteiger partial charge in [0.1, 0.15) is 0 Å². The molecule has 7 heteroatoms. The summed E-state index contributed by atoms with van der Waals surface area (Å²) in [5.74, 6) is 0. The van der Waals surface area contributed by atoms with Gasteiger partial charge in [0.25, 0.3) is 0 Å². The Morgan fingerprint density at radius 1 is 0.322 bits per heavy atom. The second-order valence-electron chi connectivity index (χ2n) is 14.5. The molecule has 0 atom stereocenters. The van der Waals surface area contributed by atoms with Crippen LogP contribution in [0.4, 0.5) is 0 Å². The van der Waals surface area contributed by atoms with Crippen LogP contribution >= 0.6 is 0 Å². The van der Waals surface area contributed by atoms with Crippen LogP contribution in [0.15, 0.2) is 146 Å². The summed E-state index contributed by atoms with van der Waals surface area (Å²) in [5.41, 5.74) is 15.0. The third-order valence-electron chi connectivity index (χ3n) is 10.5. The van der Waals surface area contributed by atoms with E-state index in [0.29, 0.717) is 0 Å². The predicted molar refractivity (Wildman–Crippen MR) is 239 cm³/mol. The molecule has 11 rings (SSSR count). The van der Waals surface area contributed by atoms with Crippen molar-refractivity contribution in [2.24, 2.45) is 0 Å². The fraction of sp³-hybridized carbons (Fsp3) is 0.154. The van der Waals surface area contributed by atoms with Crippen molar-refractivity contribution >= 4 is 46.4 Å². The SMILES string of the molecule is C1=Cc2nc1c(-c1ccccc1)c1ccc([n-]1)c(-c1ccccc1)c1nc(c(-c3ccccc3)c3ccc([n-]3)c2-c2ccccc2)C=C1.C1CCOC1.C1CCOC1.[Ni+3]. The minimum Gasteiger partial charge on any atom is -0.657 e. The van der Waals surface area contributed by atoms with Crippen molar-refractivity contribution in [2.75, 3.05) is 26.4 Å². The molecule has 3 aromatic heterocycles. The fourth-order valence-electron chi connectivity index (χ4n) is 7.71. The Morgan fingerprint density at radius 3 is 0.763 bits per heavy atom. The van der Waals surface area contributed by atoms with Crippen LogP contribution in [-0.4, -0.2) is 36.4 Å². The number of fused-ring (bicyclic) bond motifs is 8. The van der Waals surface area contributed by atoms with Crippen LogP contribution in [0.25, 0.3) is 90.9 Å². The van der Waals surface area contributed by atoms with Gasteiger partial charge >= 0.3 is 16.5 Å². The Kier molecular flexibility index (Phi) is 12.9. The molecular weight excluding hydrogens is 771 g/mol. The predicted octanol–water partition coefficient (Wildman–Crippen LogP) is 12.2. The number of benzene rings is 4. The molecule has 8 bridgehead atoms. The van der Waals surface area contributed by atoms with E-state index in [0.717, 1.165) is 116 Å². The van der Waals surface area contributed by atoms with E-state index in [1.807, 2.05) is 24.3 Å². The van der Waals surface area contributed by atoms with Crippen LogP contribution in [0.3, 0.4) is 0 Å². The summed E-state index contributed by atoms with van der Waals surface area (Å²) >= 11 is 0. The zero-order valence-electron chi connectivity index (χ0n) is 32.7. The number of nitrogens with zero attached hydrogens (tertiary/aromatic N) is 4. The van der Waals surface area contributed by atoms with Gasteiger partial charge in [0.05, 0.1) is 22.8 Å². The summed E-state index contributed by atoms with van der Waals surface area (Å²) in [7, 11) is 0. The maximum atomic E-state index is 5.31. The molecule has 0 saturated carbocycles. The Balaban J connectivity index is 0.000000387. The van der Waals surface area contributed by atoms with E-state index in [9.17, 15) is 0 Å². The summed E-state index contributed by atoms with van der Waals surface area (Å²) in [6, 6.07) is 50.0.